The molecule has 0 radical (unpaired) electrons. The summed E-state index contributed by atoms with van der Waals surface area (Å²) in [7, 11) is 1.60. The largest absolute Gasteiger partial charge is 0.497 e. The van der Waals surface area contributed by atoms with E-state index < -0.39 is 0 Å². The van der Waals surface area contributed by atoms with Crippen molar-refractivity contribution in [3.05, 3.63) is 47.0 Å². The third-order valence-corrected chi connectivity index (χ3v) is 6.53. The van der Waals surface area contributed by atoms with Gasteiger partial charge in [0.2, 0.25) is 5.91 Å². The lowest BCUT2D eigenvalue weighted by atomic mass is 9.86. The van der Waals surface area contributed by atoms with Crippen LogP contribution in [0.3, 0.4) is 0 Å². The number of fused-ring (bicyclic) bond motifs is 1. The Kier molecular flexibility index (Phi) is 6.79. The number of nitrogens with zero attached hydrogens (tertiary/aromatic N) is 1. The minimum Gasteiger partial charge on any atom is -0.497 e. The first kappa shape index (κ1) is 22.7. The summed E-state index contributed by atoms with van der Waals surface area (Å²) in [6.07, 6.45) is 2.74. The van der Waals surface area contributed by atoms with Gasteiger partial charge in [0.25, 0.3) is 0 Å². The minimum absolute atomic E-state index is 0.0574. The van der Waals surface area contributed by atoms with E-state index in [1.54, 1.807) is 25.3 Å². The molecule has 4 rings (SSSR count). The first-order chi connectivity index (χ1) is 15.4. The third kappa shape index (κ3) is 4.95. The van der Waals surface area contributed by atoms with Crippen LogP contribution in [0.25, 0.3) is 0 Å². The smallest absolute Gasteiger partial charge is 0.221 e. The predicted molar refractivity (Wildman–Crippen MR) is 125 cm³/mol. The Morgan fingerprint density at radius 1 is 1.28 bits per heavy atom. The quantitative estimate of drug-likeness (QED) is 0.659. The number of hydrogen-bond acceptors (Lipinski definition) is 6. The van der Waals surface area contributed by atoms with Crippen LogP contribution < -0.4 is 25.3 Å². The van der Waals surface area contributed by atoms with Crippen molar-refractivity contribution in [3.63, 3.8) is 0 Å². The van der Waals surface area contributed by atoms with Crippen LogP contribution >= 0.6 is 11.6 Å². The second kappa shape index (κ2) is 9.57. The van der Waals surface area contributed by atoms with Gasteiger partial charge in [-0.1, -0.05) is 11.6 Å². The van der Waals surface area contributed by atoms with Gasteiger partial charge in [0.05, 0.1) is 18.8 Å². The molecular weight excluding hydrogens is 430 g/mol. The van der Waals surface area contributed by atoms with Crippen molar-refractivity contribution in [1.29, 1.82) is 0 Å². The van der Waals surface area contributed by atoms with E-state index in [9.17, 15) is 4.79 Å². The number of likely N-dealkylation sites (tertiary alicyclic amines) is 1. The van der Waals surface area contributed by atoms with Crippen LogP contribution in [0.2, 0.25) is 5.02 Å². The number of ether oxygens (including phenoxy) is 3. The summed E-state index contributed by atoms with van der Waals surface area (Å²) in [6.45, 7) is 4.12. The van der Waals surface area contributed by atoms with Crippen molar-refractivity contribution in [1.82, 2.24) is 4.90 Å². The van der Waals surface area contributed by atoms with Crippen molar-refractivity contribution in [2.24, 2.45) is 5.73 Å². The van der Waals surface area contributed by atoms with Gasteiger partial charge in [0.15, 0.2) is 0 Å². The van der Waals surface area contributed by atoms with Gasteiger partial charge in [0, 0.05) is 56.9 Å². The highest BCUT2D eigenvalue weighted by atomic mass is 35.5. The molecule has 1 spiro atoms. The molecule has 0 saturated carbocycles. The van der Waals surface area contributed by atoms with Crippen LogP contribution in [-0.2, 0) is 11.2 Å². The summed E-state index contributed by atoms with van der Waals surface area (Å²) in [6, 6.07) is 11.3. The zero-order chi connectivity index (χ0) is 22.7. The van der Waals surface area contributed by atoms with Gasteiger partial charge >= 0.3 is 0 Å². The van der Waals surface area contributed by atoms with Crippen molar-refractivity contribution < 1.29 is 19.0 Å². The number of piperidine rings is 1. The number of carbonyl (C=O) groups excluding carboxylic acids is 1. The van der Waals surface area contributed by atoms with E-state index in [0.717, 1.165) is 43.1 Å². The molecule has 172 valence electrons. The van der Waals surface area contributed by atoms with E-state index in [4.69, 9.17) is 31.5 Å². The highest BCUT2D eigenvalue weighted by Crippen LogP contribution is 2.42. The van der Waals surface area contributed by atoms with Gasteiger partial charge in [0.1, 0.15) is 29.5 Å². The lowest BCUT2D eigenvalue weighted by molar-refractivity contribution is -0.114. The minimum atomic E-state index is -0.158. The highest BCUT2D eigenvalue weighted by molar-refractivity contribution is 6.30. The second-order valence-electron chi connectivity index (χ2n) is 8.49. The first-order valence-corrected chi connectivity index (χ1v) is 11.3. The molecule has 3 N–H and O–H groups in total. The lowest BCUT2D eigenvalue weighted by Gasteiger charge is -2.41. The topological polar surface area (TPSA) is 86.0 Å². The number of hydrogen-bond donors (Lipinski definition) is 2. The molecule has 2 aromatic rings. The van der Waals surface area contributed by atoms with Crippen LogP contribution in [0.4, 0.5) is 5.69 Å². The number of benzene rings is 2. The van der Waals surface area contributed by atoms with Crippen LogP contribution in [0.15, 0.2) is 36.4 Å². The van der Waals surface area contributed by atoms with E-state index >= 15 is 0 Å². The van der Waals surface area contributed by atoms with Crippen LogP contribution in [0, 0.1) is 0 Å². The van der Waals surface area contributed by atoms with Crippen LogP contribution in [0.1, 0.15) is 25.3 Å². The first-order valence-electron chi connectivity index (χ1n) is 10.9. The fourth-order valence-electron chi connectivity index (χ4n) is 4.53. The maximum absolute atomic E-state index is 11.5. The Hall–Kier alpha value is -2.48. The fourth-order valence-corrected chi connectivity index (χ4v) is 4.72. The third-order valence-electron chi connectivity index (χ3n) is 6.29. The van der Waals surface area contributed by atoms with Crippen molar-refractivity contribution >= 4 is 23.2 Å². The SMILES string of the molecule is COc1ccc(NC(C)=O)c(OCC(CN)N2CCC3(CC2)Cc2cc(Cl)ccc2O3)c1. The molecule has 1 atom stereocenters. The van der Waals surface area contributed by atoms with Gasteiger partial charge in [-0.25, -0.2) is 0 Å². The van der Waals surface area contributed by atoms with E-state index in [0.29, 0.717) is 30.3 Å². The standard InChI is InChI=1S/C24H30ClN3O4/c1-16(29)27-21-5-4-20(30-2)12-23(21)31-15-19(14-26)28-9-7-24(8-10-28)13-17-11-18(25)3-6-22(17)32-24/h3-6,11-12,19H,7-10,13-15,26H2,1-2H3,(H,27,29). The van der Waals surface area contributed by atoms with Gasteiger partial charge in [-0.05, 0) is 35.9 Å². The molecule has 8 heteroatoms. The fraction of sp³-hybridized carbons (Fsp3) is 0.458. The zero-order valence-corrected chi connectivity index (χ0v) is 19.3. The Labute approximate surface area is 193 Å². The number of rotatable bonds is 7. The number of amides is 1. The molecule has 1 saturated heterocycles. The van der Waals surface area contributed by atoms with E-state index in [1.807, 2.05) is 18.2 Å². The van der Waals surface area contributed by atoms with E-state index in [1.165, 1.54) is 12.5 Å². The van der Waals surface area contributed by atoms with Crippen molar-refractivity contribution in [3.8, 4) is 17.2 Å². The summed E-state index contributed by atoms with van der Waals surface area (Å²) in [5, 5.41) is 3.55. The molecule has 32 heavy (non-hydrogen) atoms. The van der Waals surface area contributed by atoms with Crippen molar-refractivity contribution in [2.75, 3.05) is 38.7 Å². The molecule has 0 bridgehead atoms. The molecule has 0 aliphatic carbocycles. The highest BCUT2D eigenvalue weighted by Gasteiger charge is 2.43. The van der Waals surface area contributed by atoms with Crippen LogP contribution in [0.5, 0.6) is 17.2 Å². The molecule has 2 aromatic carbocycles. The summed E-state index contributed by atoms with van der Waals surface area (Å²) < 4.78 is 17.8. The molecule has 0 aromatic heterocycles. The van der Waals surface area contributed by atoms with Gasteiger partial charge < -0.3 is 25.3 Å². The molecular formula is C24H30ClN3O4. The predicted octanol–water partition coefficient (Wildman–Crippen LogP) is 3.48. The molecule has 1 unspecified atom stereocenters. The van der Waals surface area contributed by atoms with Gasteiger partial charge in [-0.3, -0.25) is 9.69 Å². The molecule has 1 fully saturated rings. The van der Waals surface area contributed by atoms with Crippen molar-refractivity contribution in [2.45, 2.75) is 37.8 Å². The van der Waals surface area contributed by atoms with Gasteiger partial charge in [-0.15, -0.1) is 0 Å². The molecule has 7 nitrogen and oxygen atoms in total. The summed E-state index contributed by atoms with van der Waals surface area (Å²) in [4.78, 5) is 13.9. The van der Waals surface area contributed by atoms with Crippen LogP contribution in [-0.4, -0.2) is 55.8 Å². The number of anilines is 1. The van der Waals surface area contributed by atoms with Gasteiger partial charge in [-0.2, -0.15) is 0 Å². The number of nitrogens with one attached hydrogen (secondary N) is 1. The number of carbonyl (C=O) groups is 1. The Morgan fingerprint density at radius 2 is 2.06 bits per heavy atom. The Balaban J connectivity index is 1.37. The number of nitrogens with two attached hydrogens (primary N) is 1. The average molecular weight is 460 g/mol. The maximum Gasteiger partial charge on any atom is 0.221 e. The van der Waals surface area contributed by atoms with E-state index in [2.05, 4.69) is 10.2 Å². The normalized spacial score (nSPS) is 18.0. The monoisotopic (exact) mass is 459 g/mol. The Bertz CT molecular complexity index is 976. The molecule has 2 aliphatic heterocycles. The molecule has 1 amide bonds. The maximum atomic E-state index is 11.5. The number of halogens is 1. The lowest BCUT2D eigenvalue weighted by Crippen LogP contribution is -2.53. The summed E-state index contributed by atoms with van der Waals surface area (Å²) in [5.41, 5.74) is 7.75. The Morgan fingerprint density at radius 3 is 2.75 bits per heavy atom. The molecule has 2 heterocycles. The zero-order valence-electron chi connectivity index (χ0n) is 18.5. The molecule has 2 aliphatic rings. The number of methoxy groups -OCH3 is 1. The average Bonchev–Trinajstić information content (AvgIpc) is 3.12. The second-order valence-corrected chi connectivity index (χ2v) is 8.93. The summed E-state index contributed by atoms with van der Waals surface area (Å²) in [5.74, 6) is 2.02. The van der Waals surface area contributed by atoms with E-state index in [-0.39, 0.29) is 17.6 Å². The summed E-state index contributed by atoms with van der Waals surface area (Å²) >= 11 is 6.15.